The smallest absolute Gasteiger partial charge is 0.191 e. The average Bonchev–Trinajstić information content (AvgIpc) is 2.72. The van der Waals surface area contributed by atoms with Crippen LogP contribution in [0.15, 0.2) is 53.5 Å². The lowest BCUT2D eigenvalue weighted by atomic mass is 10.2. The molecular formula is C21H29N3O3. The zero-order chi connectivity index (χ0) is 19.3. The molecule has 2 aromatic carbocycles. The lowest BCUT2D eigenvalue weighted by molar-refractivity contribution is 0.172. The maximum Gasteiger partial charge on any atom is 0.191 e. The van der Waals surface area contributed by atoms with Crippen LogP contribution in [0.3, 0.4) is 0 Å². The molecule has 146 valence electrons. The first-order valence-electron chi connectivity index (χ1n) is 9.03. The average molecular weight is 371 g/mol. The van der Waals surface area contributed by atoms with Crippen LogP contribution in [0.1, 0.15) is 17.5 Å². The predicted molar refractivity (Wildman–Crippen MR) is 108 cm³/mol. The largest absolute Gasteiger partial charge is 0.497 e. The molecule has 0 aliphatic heterocycles. The maximum atomic E-state index is 5.74. The highest BCUT2D eigenvalue weighted by molar-refractivity contribution is 5.79. The third kappa shape index (κ3) is 7.58. The second-order valence-corrected chi connectivity index (χ2v) is 5.97. The van der Waals surface area contributed by atoms with E-state index in [0.29, 0.717) is 26.3 Å². The summed E-state index contributed by atoms with van der Waals surface area (Å²) in [5.74, 6) is 2.45. The summed E-state index contributed by atoms with van der Waals surface area (Å²) in [7, 11) is 5.13. The van der Waals surface area contributed by atoms with E-state index < -0.39 is 0 Å². The van der Waals surface area contributed by atoms with Crippen molar-refractivity contribution in [3.8, 4) is 11.5 Å². The van der Waals surface area contributed by atoms with Crippen molar-refractivity contribution in [1.29, 1.82) is 0 Å². The van der Waals surface area contributed by atoms with Crippen molar-refractivity contribution in [2.24, 2.45) is 4.99 Å². The van der Waals surface area contributed by atoms with Gasteiger partial charge in [-0.05, 0) is 35.4 Å². The highest BCUT2D eigenvalue weighted by atomic mass is 16.5. The van der Waals surface area contributed by atoms with E-state index in [9.17, 15) is 0 Å². The molecule has 0 aromatic heterocycles. The molecule has 0 fully saturated rings. The molecule has 6 heteroatoms. The Bertz CT molecular complexity index is 719. The van der Waals surface area contributed by atoms with E-state index in [-0.39, 0.29) is 0 Å². The first-order valence-corrected chi connectivity index (χ1v) is 9.03. The first-order chi connectivity index (χ1) is 13.2. The number of nitrogens with one attached hydrogen (secondary N) is 2. The summed E-state index contributed by atoms with van der Waals surface area (Å²) in [6, 6.07) is 16.0. The number of methoxy groups -OCH3 is 2. The Balaban J connectivity index is 1.81. The SMILES string of the molecule is CN=C(NCc1cccc(OC)c1)NCc1cccc(OCCCOC)c1. The second kappa shape index (κ2) is 11.8. The van der Waals surface area contributed by atoms with Crippen molar-refractivity contribution in [1.82, 2.24) is 10.6 Å². The second-order valence-electron chi connectivity index (χ2n) is 5.97. The predicted octanol–water partition coefficient (Wildman–Crippen LogP) is 2.98. The van der Waals surface area contributed by atoms with Gasteiger partial charge in [-0.3, -0.25) is 4.99 Å². The third-order valence-electron chi connectivity index (χ3n) is 3.94. The van der Waals surface area contributed by atoms with Gasteiger partial charge in [-0.25, -0.2) is 0 Å². The maximum absolute atomic E-state index is 5.74. The van der Waals surface area contributed by atoms with Crippen molar-refractivity contribution in [3.63, 3.8) is 0 Å². The van der Waals surface area contributed by atoms with Gasteiger partial charge in [0, 0.05) is 40.3 Å². The van der Waals surface area contributed by atoms with E-state index in [0.717, 1.165) is 35.0 Å². The number of hydrogen-bond donors (Lipinski definition) is 2. The summed E-state index contributed by atoms with van der Waals surface area (Å²) in [4.78, 5) is 4.27. The molecule has 0 amide bonds. The highest BCUT2D eigenvalue weighted by Gasteiger charge is 2.02. The number of guanidine groups is 1. The van der Waals surface area contributed by atoms with E-state index >= 15 is 0 Å². The molecule has 0 saturated heterocycles. The molecule has 0 aliphatic rings. The minimum Gasteiger partial charge on any atom is -0.497 e. The lowest BCUT2D eigenvalue weighted by Crippen LogP contribution is -2.36. The van der Waals surface area contributed by atoms with Crippen molar-refractivity contribution >= 4 is 5.96 Å². The van der Waals surface area contributed by atoms with Gasteiger partial charge in [-0.15, -0.1) is 0 Å². The van der Waals surface area contributed by atoms with E-state index in [1.807, 2.05) is 42.5 Å². The summed E-state index contributed by atoms with van der Waals surface area (Å²) in [6.45, 7) is 2.68. The van der Waals surface area contributed by atoms with Gasteiger partial charge >= 0.3 is 0 Å². The van der Waals surface area contributed by atoms with Crippen LogP contribution in [0.5, 0.6) is 11.5 Å². The molecule has 0 atom stereocenters. The molecule has 0 saturated carbocycles. The summed E-state index contributed by atoms with van der Waals surface area (Å²) in [6.07, 6.45) is 0.875. The summed E-state index contributed by atoms with van der Waals surface area (Å²) in [5.41, 5.74) is 2.26. The fourth-order valence-electron chi connectivity index (χ4n) is 2.51. The summed E-state index contributed by atoms with van der Waals surface area (Å²) < 4.78 is 16.0. The van der Waals surface area contributed by atoms with Gasteiger partial charge in [0.15, 0.2) is 5.96 Å². The zero-order valence-corrected chi connectivity index (χ0v) is 16.3. The number of ether oxygens (including phenoxy) is 3. The number of rotatable bonds is 10. The Labute approximate surface area is 161 Å². The van der Waals surface area contributed by atoms with Crippen LogP contribution < -0.4 is 20.1 Å². The van der Waals surface area contributed by atoms with Crippen molar-refractivity contribution < 1.29 is 14.2 Å². The Morgan fingerprint density at radius 3 is 2.11 bits per heavy atom. The molecule has 2 aromatic rings. The molecule has 0 heterocycles. The van der Waals surface area contributed by atoms with E-state index in [4.69, 9.17) is 14.2 Å². The summed E-state index contributed by atoms with van der Waals surface area (Å²) in [5, 5.41) is 6.63. The Hall–Kier alpha value is -2.73. The van der Waals surface area contributed by atoms with Gasteiger partial charge < -0.3 is 24.8 Å². The van der Waals surface area contributed by atoms with Gasteiger partial charge in [0.2, 0.25) is 0 Å². The number of hydrogen-bond acceptors (Lipinski definition) is 4. The van der Waals surface area contributed by atoms with Gasteiger partial charge in [0.1, 0.15) is 11.5 Å². The number of benzene rings is 2. The topological polar surface area (TPSA) is 64.1 Å². The Morgan fingerprint density at radius 1 is 0.889 bits per heavy atom. The van der Waals surface area contributed by atoms with E-state index in [1.165, 1.54) is 0 Å². The molecule has 0 spiro atoms. The Morgan fingerprint density at radius 2 is 1.52 bits per heavy atom. The molecule has 0 aliphatic carbocycles. The first kappa shape index (κ1) is 20.6. The molecule has 0 unspecified atom stereocenters. The van der Waals surface area contributed by atoms with Gasteiger partial charge in [-0.2, -0.15) is 0 Å². The molecule has 2 rings (SSSR count). The normalized spacial score (nSPS) is 11.1. The number of nitrogens with zero attached hydrogens (tertiary/aromatic N) is 1. The quantitative estimate of drug-likeness (QED) is 0.382. The minimum absolute atomic E-state index is 0.647. The van der Waals surface area contributed by atoms with Crippen molar-refractivity contribution in [2.45, 2.75) is 19.5 Å². The van der Waals surface area contributed by atoms with Crippen LogP contribution in [0, 0.1) is 0 Å². The van der Waals surface area contributed by atoms with Crippen LogP contribution in [-0.2, 0) is 17.8 Å². The van der Waals surface area contributed by atoms with Gasteiger partial charge in [-0.1, -0.05) is 24.3 Å². The third-order valence-corrected chi connectivity index (χ3v) is 3.94. The molecule has 6 nitrogen and oxygen atoms in total. The molecule has 2 N–H and O–H groups in total. The van der Waals surface area contributed by atoms with Crippen LogP contribution in [-0.4, -0.2) is 40.4 Å². The fourth-order valence-corrected chi connectivity index (χ4v) is 2.51. The summed E-state index contributed by atoms with van der Waals surface area (Å²) >= 11 is 0. The highest BCUT2D eigenvalue weighted by Crippen LogP contribution is 2.14. The molecular weight excluding hydrogens is 342 g/mol. The molecule has 27 heavy (non-hydrogen) atoms. The minimum atomic E-state index is 0.647. The van der Waals surface area contributed by atoms with Crippen molar-refractivity contribution in [2.75, 3.05) is 34.5 Å². The van der Waals surface area contributed by atoms with Crippen LogP contribution in [0.2, 0.25) is 0 Å². The van der Waals surface area contributed by atoms with Crippen LogP contribution in [0.25, 0.3) is 0 Å². The van der Waals surface area contributed by atoms with Gasteiger partial charge in [0.25, 0.3) is 0 Å². The molecule has 0 bridgehead atoms. The van der Waals surface area contributed by atoms with Crippen LogP contribution >= 0.6 is 0 Å². The van der Waals surface area contributed by atoms with E-state index in [2.05, 4.69) is 21.7 Å². The standard InChI is InChI=1S/C21H29N3O3/c1-22-21(23-15-17-7-4-9-19(13-17)26-3)24-16-18-8-5-10-20(14-18)27-12-6-11-25-2/h4-5,7-10,13-14H,6,11-12,15-16H2,1-3H3,(H2,22,23,24). The van der Waals surface area contributed by atoms with Crippen molar-refractivity contribution in [3.05, 3.63) is 59.7 Å². The fraction of sp³-hybridized carbons (Fsp3) is 0.381. The van der Waals surface area contributed by atoms with Crippen LogP contribution in [0.4, 0.5) is 0 Å². The molecule has 0 radical (unpaired) electrons. The lowest BCUT2D eigenvalue weighted by Gasteiger charge is -2.13. The van der Waals surface area contributed by atoms with E-state index in [1.54, 1.807) is 21.3 Å². The Kier molecular flexibility index (Phi) is 9.00. The monoisotopic (exact) mass is 371 g/mol. The number of aliphatic imine (C=N–C) groups is 1. The zero-order valence-electron chi connectivity index (χ0n) is 16.3. The van der Waals surface area contributed by atoms with Gasteiger partial charge in [0.05, 0.1) is 13.7 Å².